The van der Waals surface area contributed by atoms with Crippen LogP contribution in [0, 0.1) is 5.82 Å². The van der Waals surface area contributed by atoms with Crippen LogP contribution in [0.15, 0.2) is 61.1 Å². The summed E-state index contributed by atoms with van der Waals surface area (Å²) in [6.07, 6.45) is 8.40. The first-order valence-corrected chi connectivity index (χ1v) is 10.2. The Bertz CT molecular complexity index is 1380. The van der Waals surface area contributed by atoms with E-state index in [1.165, 1.54) is 12.3 Å². The lowest BCUT2D eigenvalue weighted by molar-refractivity contribution is -0.0521. The van der Waals surface area contributed by atoms with Crippen molar-refractivity contribution in [2.24, 2.45) is 0 Å². The third-order valence-electron chi connectivity index (χ3n) is 5.00. The molecule has 0 aliphatic heterocycles. The van der Waals surface area contributed by atoms with Gasteiger partial charge in [-0.2, -0.15) is 8.78 Å². The van der Waals surface area contributed by atoms with Crippen molar-refractivity contribution in [1.29, 1.82) is 0 Å². The smallest absolute Gasteiger partial charge is 0.387 e. The van der Waals surface area contributed by atoms with Crippen LogP contribution in [-0.2, 0) is 0 Å². The molecule has 2 heterocycles. The molecule has 0 bridgehead atoms. The molecule has 0 aliphatic carbocycles. The summed E-state index contributed by atoms with van der Waals surface area (Å²) < 4.78 is 44.9. The van der Waals surface area contributed by atoms with Crippen LogP contribution in [0.4, 0.5) is 24.7 Å². The Balaban J connectivity index is 1.69. The zero-order valence-electron chi connectivity index (χ0n) is 18.2. The first kappa shape index (κ1) is 22.8. The van der Waals surface area contributed by atoms with Gasteiger partial charge in [0.15, 0.2) is 23.0 Å². The Kier molecular flexibility index (Phi) is 6.48. The van der Waals surface area contributed by atoms with E-state index in [1.54, 1.807) is 36.0 Å². The Morgan fingerprint density at radius 2 is 2.00 bits per heavy atom. The van der Waals surface area contributed by atoms with Crippen molar-refractivity contribution < 1.29 is 22.7 Å². The molecule has 7 nitrogen and oxygen atoms in total. The molecule has 0 atom stereocenters. The lowest BCUT2D eigenvalue weighted by atomic mass is 10.1. The van der Waals surface area contributed by atoms with Crippen molar-refractivity contribution in [3.8, 4) is 17.0 Å². The number of nitrogens with one attached hydrogen (secondary N) is 2. The number of amides is 1. The van der Waals surface area contributed by atoms with E-state index < -0.39 is 18.2 Å². The molecule has 2 N–H and O–H groups in total. The van der Waals surface area contributed by atoms with Gasteiger partial charge >= 0.3 is 6.61 Å². The van der Waals surface area contributed by atoms with E-state index in [2.05, 4.69) is 25.3 Å². The second-order valence-corrected chi connectivity index (χ2v) is 7.14. The minimum atomic E-state index is -3.12. The lowest BCUT2D eigenvalue weighted by Crippen LogP contribution is -2.18. The number of carbonyl (C=O) groups is 1. The number of anilines is 2. The van der Waals surface area contributed by atoms with Gasteiger partial charge in [0.2, 0.25) is 0 Å². The molecule has 0 unspecified atom stereocenters. The highest BCUT2D eigenvalue weighted by Gasteiger charge is 2.15. The lowest BCUT2D eigenvalue weighted by Gasteiger charge is -2.11. The van der Waals surface area contributed by atoms with Crippen molar-refractivity contribution in [1.82, 2.24) is 19.7 Å². The van der Waals surface area contributed by atoms with Crippen LogP contribution < -0.4 is 15.4 Å². The molecule has 0 saturated carbocycles. The number of benzene rings is 2. The predicted octanol–water partition coefficient (Wildman–Crippen LogP) is 5.27. The molecule has 2 aromatic carbocycles. The highest BCUT2D eigenvalue weighted by Crippen LogP contribution is 2.29. The van der Waals surface area contributed by atoms with Crippen LogP contribution in [-0.4, -0.2) is 33.9 Å². The fourth-order valence-electron chi connectivity index (χ4n) is 3.51. The molecular weight excluding hydrogens is 447 g/mol. The molecule has 0 spiro atoms. The maximum Gasteiger partial charge on any atom is 0.387 e. The maximum atomic E-state index is 14.2. The normalized spacial score (nSPS) is 11.4. The topological polar surface area (TPSA) is 80.6 Å². The van der Waals surface area contributed by atoms with Crippen LogP contribution >= 0.6 is 0 Å². The van der Waals surface area contributed by atoms with Crippen LogP contribution in [0.1, 0.15) is 22.8 Å². The quantitative estimate of drug-likeness (QED) is 0.387. The number of carbonyl (C=O) groups excluding carboxylic acids is 1. The van der Waals surface area contributed by atoms with Gasteiger partial charge in [-0.1, -0.05) is 12.2 Å². The maximum absolute atomic E-state index is 14.2. The molecule has 0 radical (unpaired) electrons. The average Bonchev–Trinajstić information content (AvgIpc) is 3.25. The third-order valence-corrected chi connectivity index (χ3v) is 5.00. The monoisotopic (exact) mass is 467 g/mol. The fourth-order valence-corrected chi connectivity index (χ4v) is 3.51. The minimum absolute atomic E-state index is 0.199. The van der Waals surface area contributed by atoms with E-state index in [0.29, 0.717) is 34.0 Å². The number of imidazole rings is 1. The standard InChI is InChI=1S/C24H20F3N5O2/c1-3-4-14-11-16(6-7-17(14)23(33)28-2)31-21-22-30-13-19(32(22)10-9-29-21)15-5-8-20(18(25)12-15)34-24(26)27/h3-13,24H,1-2H3,(H,28,33)(H,29,31)/b4-3+. The van der Waals surface area contributed by atoms with Crippen molar-refractivity contribution in [3.05, 3.63) is 78.0 Å². The average molecular weight is 467 g/mol. The number of fused-ring (bicyclic) bond motifs is 1. The van der Waals surface area contributed by atoms with Crippen LogP contribution in [0.5, 0.6) is 5.75 Å². The fraction of sp³-hybridized carbons (Fsp3) is 0.125. The first-order valence-electron chi connectivity index (χ1n) is 10.2. The number of aromatic nitrogens is 3. The molecule has 4 rings (SSSR count). The van der Waals surface area contributed by atoms with Gasteiger partial charge in [0.05, 0.1) is 11.9 Å². The molecular formula is C24H20F3N5O2. The Hall–Kier alpha value is -4.34. The number of allylic oxidation sites excluding steroid dienone is 1. The van der Waals surface area contributed by atoms with Crippen molar-refractivity contribution >= 4 is 29.1 Å². The third kappa shape index (κ3) is 4.56. The summed E-state index contributed by atoms with van der Waals surface area (Å²) in [6.45, 7) is -1.26. The van der Waals surface area contributed by atoms with Crippen molar-refractivity contribution in [3.63, 3.8) is 0 Å². The van der Waals surface area contributed by atoms with E-state index in [4.69, 9.17) is 0 Å². The number of alkyl halides is 2. The van der Waals surface area contributed by atoms with Crippen LogP contribution in [0.25, 0.3) is 23.0 Å². The summed E-state index contributed by atoms with van der Waals surface area (Å²) >= 11 is 0. The Labute approximate surface area is 192 Å². The SMILES string of the molecule is C/C=C/c1cc(Nc2nccn3c(-c4ccc(OC(F)F)c(F)c4)cnc23)ccc1C(=O)NC. The van der Waals surface area contributed by atoms with E-state index >= 15 is 0 Å². The highest BCUT2D eigenvalue weighted by atomic mass is 19.3. The summed E-state index contributed by atoms with van der Waals surface area (Å²) in [5, 5.41) is 5.82. The summed E-state index contributed by atoms with van der Waals surface area (Å²) in [5.41, 5.74) is 3.37. The summed E-state index contributed by atoms with van der Waals surface area (Å²) in [7, 11) is 1.57. The van der Waals surface area contributed by atoms with Gasteiger partial charge in [0, 0.05) is 36.3 Å². The van der Waals surface area contributed by atoms with Gasteiger partial charge in [-0.25, -0.2) is 14.4 Å². The largest absolute Gasteiger partial charge is 0.432 e. The Morgan fingerprint density at radius 1 is 1.18 bits per heavy atom. The molecule has 4 aromatic rings. The molecule has 1 amide bonds. The molecule has 0 fully saturated rings. The highest BCUT2D eigenvalue weighted by molar-refractivity contribution is 5.98. The van der Waals surface area contributed by atoms with E-state index in [1.807, 2.05) is 25.1 Å². The van der Waals surface area contributed by atoms with Gasteiger partial charge in [-0.3, -0.25) is 9.20 Å². The predicted molar refractivity (Wildman–Crippen MR) is 123 cm³/mol. The molecule has 174 valence electrons. The summed E-state index contributed by atoms with van der Waals surface area (Å²) in [4.78, 5) is 20.9. The number of rotatable bonds is 7. The van der Waals surface area contributed by atoms with Gasteiger partial charge < -0.3 is 15.4 Å². The Morgan fingerprint density at radius 3 is 2.71 bits per heavy atom. The van der Waals surface area contributed by atoms with Gasteiger partial charge in [-0.15, -0.1) is 0 Å². The van der Waals surface area contributed by atoms with E-state index in [9.17, 15) is 18.0 Å². The molecule has 34 heavy (non-hydrogen) atoms. The second kappa shape index (κ2) is 9.65. The molecule has 0 saturated heterocycles. The van der Waals surface area contributed by atoms with Gasteiger partial charge in [-0.05, 0) is 48.9 Å². The number of nitrogens with zero attached hydrogens (tertiary/aromatic N) is 3. The van der Waals surface area contributed by atoms with Crippen molar-refractivity contribution in [2.45, 2.75) is 13.5 Å². The molecule has 2 aromatic heterocycles. The number of ether oxygens (including phenoxy) is 1. The number of halogens is 3. The summed E-state index contributed by atoms with van der Waals surface area (Å²) in [5.74, 6) is -1.21. The van der Waals surface area contributed by atoms with Crippen molar-refractivity contribution in [2.75, 3.05) is 12.4 Å². The summed E-state index contributed by atoms with van der Waals surface area (Å²) in [6, 6.07) is 9.00. The minimum Gasteiger partial charge on any atom is -0.432 e. The van der Waals surface area contributed by atoms with E-state index in [0.717, 1.165) is 17.7 Å². The molecule has 0 aliphatic rings. The van der Waals surface area contributed by atoms with Gasteiger partial charge in [0.25, 0.3) is 5.91 Å². The number of hydrogen-bond donors (Lipinski definition) is 2. The zero-order valence-corrected chi connectivity index (χ0v) is 18.2. The van der Waals surface area contributed by atoms with Crippen LogP contribution in [0.3, 0.4) is 0 Å². The molecule has 10 heteroatoms. The first-order chi connectivity index (χ1) is 16.4. The van der Waals surface area contributed by atoms with E-state index in [-0.39, 0.29) is 5.91 Å². The van der Waals surface area contributed by atoms with Crippen LogP contribution in [0.2, 0.25) is 0 Å². The van der Waals surface area contributed by atoms with Gasteiger partial charge in [0.1, 0.15) is 0 Å². The number of hydrogen-bond acceptors (Lipinski definition) is 5. The zero-order chi connectivity index (χ0) is 24.2. The second-order valence-electron chi connectivity index (χ2n) is 7.14.